The molecule has 0 unspecified atom stereocenters. The molecule has 2 aromatic carbocycles. The Labute approximate surface area is 112 Å². The average molecular weight is 255 g/mol. The SMILES string of the molecule is CNC(=O)[C@H](c1ccccc1)[C@H](O)c1ccccc1. The fraction of sp³-hybridized carbons (Fsp3) is 0.188. The van der Waals surface area contributed by atoms with Gasteiger partial charge in [0.2, 0.25) is 5.91 Å². The van der Waals surface area contributed by atoms with E-state index in [4.69, 9.17) is 0 Å². The van der Waals surface area contributed by atoms with Gasteiger partial charge in [-0.3, -0.25) is 4.79 Å². The predicted octanol–water partition coefficient (Wildman–Crippen LogP) is 2.25. The molecule has 0 heterocycles. The van der Waals surface area contributed by atoms with Crippen molar-refractivity contribution in [2.45, 2.75) is 12.0 Å². The van der Waals surface area contributed by atoms with Crippen molar-refractivity contribution >= 4 is 5.91 Å². The van der Waals surface area contributed by atoms with Gasteiger partial charge in [-0.25, -0.2) is 0 Å². The van der Waals surface area contributed by atoms with Crippen LogP contribution in [0.1, 0.15) is 23.1 Å². The van der Waals surface area contributed by atoms with Gasteiger partial charge in [-0.05, 0) is 11.1 Å². The summed E-state index contributed by atoms with van der Waals surface area (Å²) in [6, 6.07) is 18.6. The molecule has 0 bridgehead atoms. The van der Waals surface area contributed by atoms with Gasteiger partial charge in [-0.2, -0.15) is 0 Å². The molecule has 0 aliphatic heterocycles. The highest BCUT2D eigenvalue weighted by Crippen LogP contribution is 2.30. The van der Waals surface area contributed by atoms with Crippen molar-refractivity contribution in [2.24, 2.45) is 0 Å². The molecule has 2 aromatic rings. The molecule has 0 radical (unpaired) electrons. The molecule has 2 N–H and O–H groups in total. The molecule has 0 spiro atoms. The molecule has 2 atom stereocenters. The summed E-state index contributed by atoms with van der Waals surface area (Å²) in [7, 11) is 1.58. The lowest BCUT2D eigenvalue weighted by Crippen LogP contribution is -2.30. The van der Waals surface area contributed by atoms with Crippen molar-refractivity contribution < 1.29 is 9.90 Å². The topological polar surface area (TPSA) is 49.3 Å². The van der Waals surface area contributed by atoms with Crippen LogP contribution in [-0.4, -0.2) is 18.1 Å². The van der Waals surface area contributed by atoms with Crippen molar-refractivity contribution in [1.82, 2.24) is 5.32 Å². The number of hydrogen-bond donors (Lipinski definition) is 2. The number of amides is 1. The maximum absolute atomic E-state index is 12.1. The van der Waals surface area contributed by atoms with E-state index in [0.29, 0.717) is 0 Å². The van der Waals surface area contributed by atoms with Gasteiger partial charge in [-0.1, -0.05) is 60.7 Å². The number of nitrogens with one attached hydrogen (secondary N) is 1. The average Bonchev–Trinajstić information content (AvgIpc) is 2.49. The second kappa shape index (κ2) is 6.16. The molecule has 0 aromatic heterocycles. The summed E-state index contributed by atoms with van der Waals surface area (Å²) < 4.78 is 0. The standard InChI is InChI=1S/C16H17NO2/c1-17-16(19)14(12-8-4-2-5-9-12)15(18)13-10-6-3-7-11-13/h2-11,14-15,18H,1H3,(H,17,19)/t14-,15-/m1/s1. The van der Waals surface area contributed by atoms with E-state index in [1.807, 2.05) is 60.7 Å². The highest BCUT2D eigenvalue weighted by atomic mass is 16.3. The van der Waals surface area contributed by atoms with E-state index in [2.05, 4.69) is 5.32 Å². The molecule has 0 fully saturated rings. The van der Waals surface area contributed by atoms with E-state index in [1.54, 1.807) is 7.05 Å². The van der Waals surface area contributed by atoms with Gasteiger partial charge in [-0.15, -0.1) is 0 Å². The summed E-state index contributed by atoms with van der Waals surface area (Å²) in [4.78, 5) is 12.1. The van der Waals surface area contributed by atoms with E-state index in [-0.39, 0.29) is 5.91 Å². The molecule has 98 valence electrons. The minimum absolute atomic E-state index is 0.192. The van der Waals surface area contributed by atoms with Crippen LogP contribution in [0.5, 0.6) is 0 Å². The van der Waals surface area contributed by atoms with Crippen molar-refractivity contribution in [3.8, 4) is 0 Å². The molecule has 0 saturated heterocycles. The maximum atomic E-state index is 12.1. The summed E-state index contributed by atoms with van der Waals surface area (Å²) in [5.74, 6) is -0.795. The Balaban J connectivity index is 2.36. The van der Waals surface area contributed by atoms with E-state index in [0.717, 1.165) is 11.1 Å². The maximum Gasteiger partial charge on any atom is 0.230 e. The van der Waals surface area contributed by atoms with E-state index in [1.165, 1.54) is 0 Å². The summed E-state index contributed by atoms with van der Waals surface area (Å²) in [5.41, 5.74) is 1.54. The molecule has 19 heavy (non-hydrogen) atoms. The molecule has 0 aliphatic carbocycles. The Hall–Kier alpha value is -2.13. The van der Waals surface area contributed by atoms with Gasteiger partial charge in [0, 0.05) is 7.05 Å². The zero-order valence-corrected chi connectivity index (χ0v) is 10.8. The van der Waals surface area contributed by atoms with Crippen molar-refractivity contribution in [2.75, 3.05) is 7.05 Å². The highest BCUT2D eigenvalue weighted by Gasteiger charge is 2.28. The summed E-state index contributed by atoms with van der Waals surface area (Å²) in [5, 5.41) is 13.1. The second-order valence-corrected chi connectivity index (χ2v) is 4.36. The number of carbonyl (C=O) groups is 1. The molecule has 3 heteroatoms. The monoisotopic (exact) mass is 255 g/mol. The number of hydrogen-bond acceptors (Lipinski definition) is 2. The Kier molecular flexibility index (Phi) is 4.31. The lowest BCUT2D eigenvalue weighted by Gasteiger charge is -2.22. The van der Waals surface area contributed by atoms with Crippen LogP contribution in [0.2, 0.25) is 0 Å². The molecule has 0 saturated carbocycles. The zero-order chi connectivity index (χ0) is 13.7. The smallest absolute Gasteiger partial charge is 0.230 e. The fourth-order valence-electron chi connectivity index (χ4n) is 2.14. The first-order chi connectivity index (χ1) is 9.24. The van der Waals surface area contributed by atoms with Crippen LogP contribution in [0.4, 0.5) is 0 Å². The van der Waals surface area contributed by atoms with Crippen molar-refractivity contribution in [1.29, 1.82) is 0 Å². The lowest BCUT2D eigenvalue weighted by molar-refractivity contribution is -0.124. The molecule has 2 rings (SSSR count). The Morgan fingerprint density at radius 3 is 1.89 bits per heavy atom. The summed E-state index contributed by atoms with van der Waals surface area (Å²) >= 11 is 0. The van der Waals surface area contributed by atoms with Crippen LogP contribution in [0, 0.1) is 0 Å². The molecular formula is C16H17NO2. The molecule has 0 aliphatic rings. The Bertz CT molecular complexity index is 525. The summed E-state index contributed by atoms with van der Waals surface area (Å²) in [6.07, 6.45) is -0.858. The third-order valence-corrected chi connectivity index (χ3v) is 3.14. The minimum Gasteiger partial charge on any atom is -0.387 e. The Morgan fingerprint density at radius 1 is 0.947 bits per heavy atom. The number of benzene rings is 2. The van der Waals surface area contributed by atoms with Crippen LogP contribution < -0.4 is 5.32 Å². The number of likely N-dealkylation sites (N-methyl/N-ethyl adjacent to an activating group) is 1. The number of aliphatic hydroxyl groups is 1. The number of aliphatic hydroxyl groups excluding tert-OH is 1. The van der Waals surface area contributed by atoms with Crippen molar-refractivity contribution in [3.63, 3.8) is 0 Å². The quantitative estimate of drug-likeness (QED) is 0.880. The number of carbonyl (C=O) groups excluding carboxylic acids is 1. The Morgan fingerprint density at radius 2 is 1.42 bits per heavy atom. The third kappa shape index (κ3) is 3.01. The fourth-order valence-corrected chi connectivity index (χ4v) is 2.14. The van der Waals surface area contributed by atoms with Crippen LogP contribution in [0.3, 0.4) is 0 Å². The predicted molar refractivity (Wildman–Crippen MR) is 74.7 cm³/mol. The van der Waals surface area contributed by atoms with Crippen LogP contribution in [0.25, 0.3) is 0 Å². The molecule has 3 nitrogen and oxygen atoms in total. The molecular weight excluding hydrogens is 238 g/mol. The minimum atomic E-state index is -0.858. The van der Waals surface area contributed by atoms with Gasteiger partial charge in [0.05, 0.1) is 12.0 Å². The molecule has 1 amide bonds. The first kappa shape index (κ1) is 13.3. The number of rotatable bonds is 4. The van der Waals surface area contributed by atoms with Gasteiger partial charge < -0.3 is 10.4 Å². The normalized spacial score (nSPS) is 13.6. The first-order valence-corrected chi connectivity index (χ1v) is 6.23. The van der Waals surface area contributed by atoms with E-state index < -0.39 is 12.0 Å². The van der Waals surface area contributed by atoms with Crippen molar-refractivity contribution in [3.05, 3.63) is 71.8 Å². The van der Waals surface area contributed by atoms with E-state index in [9.17, 15) is 9.90 Å². The lowest BCUT2D eigenvalue weighted by atomic mass is 9.88. The van der Waals surface area contributed by atoms with Gasteiger partial charge in [0.25, 0.3) is 0 Å². The van der Waals surface area contributed by atoms with Gasteiger partial charge >= 0.3 is 0 Å². The van der Waals surface area contributed by atoms with Crippen LogP contribution >= 0.6 is 0 Å². The van der Waals surface area contributed by atoms with Crippen LogP contribution in [0.15, 0.2) is 60.7 Å². The third-order valence-electron chi connectivity index (χ3n) is 3.14. The summed E-state index contributed by atoms with van der Waals surface area (Å²) in [6.45, 7) is 0. The highest BCUT2D eigenvalue weighted by molar-refractivity contribution is 5.84. The van der Waals surface area contributed by atoms with Gasteiger partial charge in [0.1, 0.15) is 0 Å². The largest absolute Gasteiger partial charge is 0.387 e. The zero-order valence-electron chi connectivity index (χ0n) is 10.8. The first-order valence-electron chi connectivity index (χ1n) is 6.23. The van der Waals surface area contributed by atoms with E-state index >= 15 is 0 Å². The van der Waals surface area contributed by atoms with Crippen LogP contribution in [-0.2, 0) is 4.79 Å². The second-order valence-electron chi connectivity index (χ2n) is 4.36. The van der Waals surface area contributed by atoms with Gasteiger partial charge in [0.15, 0.2) is 0 Å².